The van der Waals surface area contributed by atoms with Gasteiger partial charge >= 0.3 is 5.97 Å². The molecule has 4 rings (SSSR count). The van der Waals surface area contributed by atoms with Crippen LogP contribution >= 0.6 is 0 Å². The first-order valence-corrected chi connectivity index (χ1v) is 10.3. The van der Waals surface area contributed by atoms with Gasteiger partial charge in [-0.2, -0.15) is 0 Å². The van der Waals surface area contributed by atoms with E-state index in [0.29, 0.717) is 34.5 Å². The number of allylic oxidation sites excluding steroid dienone is 1. The Hall–Kier alpha value is -3.68. The van der Waals surface area contributed by atoms with Crippen LogP contribution in [0, 0.1) is 0 Å². The van der Waals surface area contributed by atoms with Crippen LogP contribution in [0.25, 0.3) is 11.0 Å². The zero-order chi connectivity index (χ0) is 23.0. The number of hydrogen-bond acceptors (Lipinski definition) is 7. The van der Waals surface area contributed by atoms with Crippen molar-refractivity contribution in [1.29, 1.82) is 0 Å². The Labute approximate surface area is 186 Å². The number of ether oxygens (including phenoxy) is 4. The number of imidazole rings is 1. The molecule has 1 aliphatic rings. The molecule has 0 fully saturated rings. The molecule has 32 heavy (non-hydrogen) atoms. The van der Waals surface area contributed by atoms with Crippen LogP contribution in [0.5, 0.6) is 17.2 Å². The number of para-hydroxylation sites is 2. The van der Waals surface area contributed by atoms with Crippen molar-refractivity contribution in [2.75, 3.05) is 26.6 Å². The van der Waals surface area contributed by atoms with E-state index in [-0.39, 0.29) is 6.10 Å². The third kappa shape index (κ3) is 3.51. The predicted molar refractivity (Wildman–Crippen MR) is 122 cm³/mol. The molecule has 1 N–H and O–H groups in total. The van der Waals surface area contributed by atoms with Crippen LogP contribution in [0.3, 0.4) is 0 Å². The standard InChI is InChI=1S/C24H27N3O5/c1-13(2)32-23(28)20-14(3)25-24-26-16-9-7-8-10-17(16)27(24)21(20)15-11-18(29-4)22(31-6)19(12-15)30-5/h7-13,21H,1-6H3,(H,25,26). The fourth-order valence-corrected chi connectivity index (χ4v) is 4.08. The second-order valence-electron chi connectivity index (χ2n) is 7.77. The van der Waals surface area contributed by atoms with Crippen LogP contribution < -0.4 is 19.5 Å². The van der Waals surface area contributed by atoms with Crippen LogP contribution in [-0.4, -0.2) is 43.0 Å². The third-order valence-electron chi connectivity index (χ3n) is 5.40. The number of benzene rings is 2. The topological polar surface area (TPSA) is 83.8 Å². The average molecular weight is 437 g/mol. The van der Waals surface area contributed by atoms with Crippen LogP contribution in [0.2, 0.25) is 0 Å². The number of esters is 1. The molecule has 3 aromatic rings. The van der Waals surface area contributed by atoms with Gasteiger partial charge in [-0.05, 0) is 50.6 Å². The lowest BCUT2D eigenvalue weighted by Crippen LogP contribution is -2.30. The first-order valence-electron chi connectivity index (χ1n) is 10.3. The smallest absolute Gasteiger partial charge is 0.338 e. The molecule has 2 aromatic carbocycles. The molecular formula is C24H27N3O5. The minimum Gasteiger partial charge on any atom is -0.493 e. The minimum absolute atomic E-state index is 0.260. The first-order chi connectivity index (χ1) is 15.4. The van der Waals surface area contributed by atoms with Crippen molar-refractivity contribution in [2.24, 2.45) is 0 Å². The molecule has 2 heterocycles. The van der Waals surface area contributed by atoms with Crippen molar-refractivity contribution < 1.29 is 23.7 Å². The lowest BCUT2D eigenvalue weighted by Gasteiger charge is -2.31. The molecule has 0 bridgehead atoms. The average Bonchev–Trinajstić information content (AvgIpc) is 3.14. The monoisotopic (exact) mass is 437 g/mol. The number of nitrogens with zero attached hydrogens (tertiary/aromatic N) is 2. The van der Waals surface area contributed by atoms with Crippen molar-refractivity contribution in [2.45, 2.75) is 32.9 Å². The van der Waals surface area contributed by atoms with Crippen molar-refractivity contribution in [3.05, 3.63) is 53.2 Å². The molecule has 8 heteroatoms. The summed E-state index contributed by atoms with van der Waals surface area (Å²) in [6.45, 7) is 5.51. The Morgan fingerprint density at radius 3 is 2.31 bits per heavy atom. The van der Waals surface area contributed by atoms with E-state index >= 15 is 0 Å². The number of rotatable bonds is 6. The summed E-state index contributed by atoms with van der Waals surface area (Å²) in [6.07, 6.45) is -0.260. The molecule has 8 nitrogen and oxygen atoms in total. The maximum Gasteiger partial charge on any atom is 0.338 e. The number of nitrogens with one attached hydrogen (secondary N) is 1. The van der Waals surface area contributed by atoms with Crippen molar-refractivity contribution >= 4 is 23.0 Å². The summed E-state index contributed by atoms with van der Waals surface area (Å²) in [5.74, 6) is 1.73. The van der Waals surface area contributed by atoms with E-state index in [0.717, 1.165) is 16.6 Å². The molecular weight excluding hydrogens is 410 g/mol. The number of methoxy groups -OCH3 is 3. The van der Waals surface area contributed by atoms with Gasteiger partial charge in [0.15, 0.2) is 11.5 Å². The number of aromatic nitrogens is 2. The van der Waals surface area contributed by atoms with Gasteiger partial charge < -0.3 is 24.3 Å². The fraction of sp³-hybridized carbons (Fsp3) is 0.333. The lowest BCUT2D eigenvalue weighted by atomic mass is 9.94. The molecule has 1 unspecified atom stereocenters. The van der Waals surface area contributed by atoms with Gasteiger partial charge in [-0.15, -0.1) is 0 Å². The van der Waals surface area contributed by atoms with Gasteiger partial charge in [0.05, 0.1) is 50.1 Å². The molecule has 0 saturated carbocycles. The maximum atomic E-state index is 13.3. The molecule has 1 atom stereocenters. The number of carbonyl (C=O) groups is 1. The Morgan fingerprint density at radius 1 is 1.06 bits per heavy atom. The minimum atomic E-state index is -0.515. The van der Waals surface area contributed by atoms with Gasteiger partial charge in [0, 0.05) is 5.70 Å². The van der Waals surface area contributed by atoms with E-state index in [1.54, 1.807) is 21.3 Å². The zero-order valence-electron chi connectivity index (χ0n) is 19.1. The van der Waals surface area contributed by atoms with Gasteiger partial charge in [-0.3, -0.25) is 4.57 Å². The van der Waals surface area contributed by atoms with Crippen molar-refractivity contribution in [3.63, 3.8) is 0 Å². The largest absolute Gasteiger partial charge is 0.493 e. The first kappa shape index (κ1) is 21.5. The highest BCUT2D eigenvalue weighted by molar-refractivity contribution is 5.94. The number of fused-ring (bicyclic) bond motifs is 3. The Kier molecular flexibility index (Phi) is 5.69. The van der Waals surface area contributed by atoms with Crippen LogP contribution in [0.15, 0.2) is 47.7 Å². The number of carbonyl (C=O) groups excluding carboxylic acids is 1. The number of hydrogen-bond donors (Lipinski definition) is 1. The van der Waals surface area contributed by atoms with E-state index in [4.69, 9.17) is 23.9 Å². The van der Waals surface area contributed by atoms with Crippen molar-refractivity contribution in [1.82, 2.24) is 9.55 Å². The summed E-state index contributed by atoms with van der Waals surface area (Å²) in [5.41, 5.74) is 3.65. The highest BCUT2D eigenvalue weighted by Crippen LogP contribution is 2.45. The van der Waals surface area contributed by atoms with Crippen LogP contribution in [0.1, 0.15) is 32.4 Å². The molecule has 1 aliphatic heterocycles. The Morgan fingerprint density at radius 2 is 1.72 bits per heavy atom. The number of anilines is 1. The second kappa shape index (κ2) is 8.45. The van der Waals surface area contributed by atoms with Crippen LogP contribution in [-0.2, 0) is 9.53 Å². The molecule has 1 aromatic heterocycles. The second-order valence-corrected chi connectivity index (χ2v) is 7.77. The van der Waals surface area contributed by atoms with Gasteiger partial charge in [-0.25, -0.2) is 9.78 Å². The summed E-state index contributed by atoms with van der Waals surface area (Å²) >= 11 is 0. The SMILES string of the molecule is COc1cc(C2C(C(=O)OC(C)C)=C(C)Nc3nc4ccccc4n32)cc(OC)c1OC. The van der Waals surface area contributed by atoms with E-state index in [9.17, 15) is 4.79 Å². The Balaban J connectivity index is 2.01. The molecule has 0 radical (unpaired) electrons. The summed E-state index contributed by atoms with van der Waals surface area (Å²) in [5, 5.41) is 3.28. The van der Waals surface area contributed by atoms with E-state index in [2.05, 4.69) is 5.32 Å². The summed E-state index contributed by atoms with van der Waals surface area (Å²) in [7, 11) is 4.69. The maximum absolute atomic E-state index is 13.3. The highest BCUT2D eigenvalue weighted by Gasteiger charge is 2.36. The van der Waals surface area contributed by atoms with E-state index in [1.807, 2.05) is 61.7 Å². The molecule has 0 spiro atoms. The normalized spacial score (nSPS) is 15.4. The fourth-order valence-electron chi connectivity index (χ4n) is 4.08. The molecule has 0 saturated heterocycles. The molecule has 168 valence electrons. The summed E-state index contributed by atoms with van der Waals surface area (Å²) in [4.78, 5) is 18.0. The predicted octanol–water partition coefficient (Wildman–Crippen LogP) is 4.30. The molecule has 0 aliphatic carbocycles. The van der Waals surface area contributed by atoms with Crippen molar-refractivity contribution in [3.8, 4) is 17.2 Å². The lowest BCUT2D eigenvalue weighted by molar-refractivity contribution is -0.143. The van der Waals surface area contributed by atoms with E-state index in [1.165, 1.54) is 0 Å². The quantitative estimate of drug-likeness (QED) is 0.576. The molecule has 0 amide bonds. The van der Waals surface area contributed by atoms with Crippen LogP contribution in [0.4, 0.5) is 5.95 Å². The highest BCUT2D eigenvalue weighted by atomic mass is 16.5. The van der Waals surface area contributed by atoms with Gasteiger partial charge in [0.1, 0.15) is 0 Å². The van der Waals surface area contributed by atoms with E-state index < -0.39 is 12.0 Å². The van der Waals surface area contributed by atoms with Gasteiger partial charge in [0.25, 0.3) is 0 Å². The van der Waals surface area contributed by atoms with Gasteiger partial charge in [0.2, 0.25) is 11.7 Å². The summed E-state index contributed by atoms with van der Waals surface area (Å²) in [6, 6.07) is 11.0. The third-order valence-corrected chi connectivity index (χ3v) is 5.40. The summed E-state index contributed by atoms with van der Waals surface area (Å²) < 4.78 is 24.3. The Bertz CT molecular complexity index is 1190. The van der Waals surface area contributed by atoms with Gasteiger partial charge in [-0.1, -0.05) is 12.1 Å². The zero-order valence-corrected chi connectivity index (χ0v) is 19.1.